The van der Waals surface area contributed by atoms with Gasteiger partial charge in [0.15, 0.2) is 0 Å². The van der Waals surface area contributed by atoms with Crippen LogP contribution in [0.2, 0.25) is 0 Å². The molecule has 16 heavy (non-hydrogen) atoms. The Bertz CT molecular complexity index is 357. The Morgan fingerprint density at radius 1 is 1.38 bits per heavy atom. The van der Waals surface area contributed by atoms with Crippen LogP contribution < -0.4 is 5.73 Å². The first-order chi connectivity index (χ1) is 7.61. The molecule has 3 nitrogen and oxygen atoms in total. The summed E-state index contributed by atoms with van der Waals surface area (Å²) in [5.74, 6) is 0.219. The molecular formula is C13H18N2O. The summed E-state index contributed by atoms with van der Waals surface area (Å²) in [7, 11) is 0. The number of hydrogen-bond acceptors (Lipinski definition) is 2. The second-order valence-electron chi connectivity index (χ2n) is 4.17. The van der Waals surface area contributed by atoms with Crippen molar-refractivity contribution in [2.45, 2.75) is 26.3 Å². The number of benzene rings is 1. The third kappa shape index (κ3) is 3.95. The second-order valence-corrected chi connectivity index (χ2v) is 4.17. The molecule has 0 unspecified atom stereocenters. The van der Waals surface area contributed by atoms with Crippen molar-refractivity contribution in [3.8, 4) is 0 Å². The fraction of sp³-hybridized carbons (Fsp3) is 0.385. The first kappa shape index (κ1) is 12.6. The largest absolute Gasteiger partial charge is 0.316 e. The average Bonchev–Trinajstić information content (AvgIpc) is 2.28. The Hall–Kier alpha value is -1.48. The van der Waals surface area contributed by atoms with Gasteiger partial charge in [-0.3, -0.25) is 4.79 Å². The van der Waals surface area contributed by atoms with Crippen LogP contribution in [-0.4, -0.2) is 12.1 Å². The lowest BCUT2D eigenvalue weighted by Gasteiger charge is -2.06. The Morgan fingerprint density at radius 3 is 2.56 bits per heavy atom. The van der Waals surface area contributed by atoms with Gasteiger partial charge < -0.3 is 5.73 Å². The molecule has 0 saturated carbocycles. The molecule has 0 aliphatic carbocycles. The number of carbonyl (C=O) groups excluding carboxylic acids is 1. The van der Waals surface area contributed by atoms with Gasteiger partial charge in [-0.2, -0.15) is 0 Å². The van der Waals surface area contributed by atoms with Crippen LogP contribution >= 0.6 is 0 Å². The lowest BCUT2D eigenvalue weighted by Crippen LogP contribution is -2.19. The predicted molar refractivity (Wildman–Crippen MR) is 66.3 cm³/mol. The Labute approximate surface area is 96.4 Å². The van der Waals surface area contributed by atoms with Gasteiger partial charge in [0.2, 0.25) is 0 Å². The van der Waals surface area contributed by atoms with Gasteiger partial charge in [-0.05, 0) is 17.9 Å². The van der Waals surface area contributed by atoms with E-state index in [1.807, 2.05) is 30.3 Å². The minimum atomic E-state index is -0.649. The molecule has 2 N–H and O–H groups in total. The summed E-state index contributed by atoms with van der Waals surface area (Å²) in [5.41, 5.74) is 6.59. The highest BCUT2D eigenvalue weighted by Gasteiger charge is 2.13. The van der Waals surface area contributed by atoms with Gasteiger partial charge in [-0.15, -0.1) is 0 Å². The van der Waals surface area contributed by atoms with E-state index in [2.05, 4.69) is 18.8 Å². The molecule has 0 heterocycles. The molecule has 0 aliphatic heterocycles. The van der Waals surface area contributed by atoms with Gasteiger partial charge in [0.1, 0.15) is 6.04 Å². The maximum Gasteiger partial charge on any atom is 0.266 e. The Morgan fingerprint density at radius 2 is 2.00 bits per heavy atom. The summed E-state index contributed by atoms with van der Waals surface area (Å²) in [6.45, 7) is 4.15. The van der Waals surface area contributed by atoms with Crippen LogP contribution in [0.1, 0.15) is 31.9 Å². The van der Waals surface area contributed by atoms with E-state index in [1.54, 1.807) is 6.21 Å². The maximum atomic E-state index is 11.6. The summed E-state index contributed by atoms with van der Waals surface area (Å²) in [6, 6.07) is 8.63. The molecule has 0 aliphatic rings. The van der Waals surface area contributed by atoms with E-state index in [-0.39, 0.29) is 5.91 Å². The molecule has 0 bridgehead atoms. The summed E-state index contributed by atoms with van der Waals surface area (Å²) >= 11 is 0. The fourth-order valence-corrected chi connectivity index (χ4v) is 1.24. The number of aliphatic imine (C=N–C) groups is 1. The van der Waals surface area contributed by atoms with Crippen LogP contribution in [0.5, 0.6) is 0 Å². The van der Waals surface area contributed by atoms with E-state index in [0.29, 0.717) is 5.92 Å². The van der Waals surface area contributed by atoms with Gasteiger partial charge in [-0.1, -0.05) is 44.2 Å². The fourth-order valence-electron chi connectivity index (χ4n) is 1.24. The van der Waals surface area contributed by atoms with Gasteiger partial charge in [0.05, 0.1) is 0 Å². The van der Waals surface area contributed by atoms with E-state index in [0.717, 1.165) is 12.0 Å². The molecule has 1 aromatic rings. The molecule has 86 valence electrons. The summed E-state index contributed by atoms with van der Waals surface area (Å²) in [4.78, 5) is 15.5. The highest BCUT2D eigenvalue weighted by Crippen LogP contribution is 2.10. The third-order valence-electron chi connectivity index (χ3n) is 2.22. The van der Waals surface area contributed by atoms with E-state index in [9.17, 15) is 4.79 Å². The first-order valence-electron chi connectivity index (χ1n) is 5.48. The molecule has 0 radical (unpaired) electrons. The van der Waals surface area contributed by atoms with Crippen LogP contribution in [-0.2, 0) is 4.79 Å². The maximum absolute atomic E-state index is 11.6. The monoisotopic (exact) mass is 218 g/mol. The van der Waals surface area contributed by atoms with E-state index < -0.39 is 6.04 Å². The smallest absolute Gasteiger partial charge is 0.266 e. The number of carbonyl (C=O) groups is 1. The molecule has 1 rings (SSSR count). The van der Waals surface area contributed by atoms with Gasteiger partial charge >= 0.3 is 0 Å². The van der Waals surface area contributed by atoms with Crippen molar-refractivity contribution in [2.24, 2.45) is 16.6 Å². The molecule has 1 aromatic carbocycles. The molecule has 1 amide bonds. The van der Waals surface area contributed by atoms with Crippen LogP contribution in [0.3, 0.4) is 0 Å². The molecular weight excluding hydrogens is 200 g/mol. The van der Waals surface area contributed by atoms with Crippen LogP contribution in [0.25, 0.3) is 0 Å². The second kappa shape index (κ2) is 6.18. The number of nitrogens with zero attached hydrogens (tertiary/aromatic N) is 1. The van der Waals surface area contributed by atoms with E-state index in [4.69, 9.17) is 5.73 Å². The summed E-state index contributed by atoms with van der Waals surface area (Å²) in [5, 5.41) is 0. The highest BCUT2D eigenvalue weighted by molar-refractivity contribution is 5.89. The number of nitrogens with two attached hydrogens (primary N) is 1. The summed E-state index contributed by atoms with van der Waals surface area (Å²) < 4.78 is 0. The topological polar surface area (TPSA) is 55.5 Å². The minimum Gasteiger partial charge on any atom is -0.316 e. The summed E-state index contributed by atoms with van der Waals surface area (Å²) in [6.07, 6.45) is 2.45. The zero-order chi connectivity index (χ0) is 12.0. The predicted octanol–water partition coefficient (Wildman–Crippen LogP) is 2.33. The normalized spacial score (nSPS) is 13.2. The Kier molecular flexibility index (Phi) is 4.86. The standard InChI is InChI=1S/C13H18N2O/c1-10(2)8-9-15-13(16)12(14)11-6-4-3-5-7-11/h3-7,9-10,12H,8,14H2,1-2H3/t12-/m1/s1. The van der Waals surface area contributed by atoms with Crippen molar-refractivity contribution in [3.05, 3.63) is 35.9 Å². The Balaban J connectivity index is 2.58. The molecule has 0 fully saturated rings. The number of amides is 1. The van der Waals surface area contributed by atoms with E-state index in [1.165, 1.54) is 0 Å². The van der Waals surface area contributed by atoms with Crippen LogP contribution in [0.15, 0.2) is 35.3 Å². The molecule has 0 saturated heterocycles. The van der Waals surface area contributed by atoms with Gasteiger partial charge in [-0.25, -0.2) is 4.99 Å². The van der Waals surface area contributed by atoms with Crippen molar-refractivity contribution in [2.75, 3.05) is 0 Å². The molecule has 0 aromatic heterocycles. The van der Waals surface area contributed by atoms with Gasteiger partial charge in [0, 0.05) is 6.21 Å². The van der Waals surface area contributed by atoms with Crippen molar-refractivity contribution in [1.82, 2.24) is 0 Å². The van der Waals surface area contributed by atoms with E-state index >= 15 is 0 Å². The van der Waals surface area contributed by atoms with Crippen molar-refractivity contribution in [3.63, 3.8) is 0 Å². The number of hydrogen-bond donors (Lipinski definition) is 1. The number of rotatable bonds is 4. The SMILES string of the molecule is CC(C)CC=NC(=O)[C@H](N)c1ccccc1. The lowest BCUT2D eigenvalue weighted by molar-refractivity contribution is -0.119. The van der Waals surface area contributed by atoms with Crippen LogP contribution in [0, 0.1) is 5.92 Å². The van der Waals surface area contributed by atoms with Crippen molar-refractivity contribution >= 4 is 12.1 Å². The lowest BCUT2D eigenvalue weighted by atomic mass is 10.1. The zero-order valence-electron chi connectivity index (χ0n) is 9.76. The van der Waals surface area contributed by atoms with Gasteiger partial charge in [0.25, 0.3) is 5.91 Å². The van der Waals surface area contributed by atoms with Crippen molar-refractivity contribution in [1.29, 1.82) is 0 Å². The minimum absolute atomic E-state index is 0.285. The van der Waals surface area contributed by atoms with Crippen LogP contribution in [0.4, 0.5) is 0 Å². The highest BCUT2D eigenvalue weighted by atomic mass is 16.1. The van der Waals surface area contributed by atoms with Crippen molar-refractivity contribution < 1.29 is 4.79 Å². The zero-order valence-corrected chi connectivity index (χ0v) is 9.76. The molecule has 3 heteroatoms. The molecule has 0 spiro atoms. The first-order valence-corrected chi connectivity index (χ1v) is 5.48. The average molecular weight is 218 g/mol. The molecule has 1 atom stereocenters. The third-order valence-corrected chi connectivity index (χ3v) is 2.22. The quantitative estimate of drug-likeness (QED) is 0.788.